The van der Waals surface area contributed by atoms with Gasteiger partial charge in [0.25, 0.3) is 5.91 Å². The lowest BCUT2D eigenvalue weighted by Crippen LogP contribution is -2.33. The van der Waals surface area contributed by atoms with Gasteiger partial charge in [0.1, 0.15) is 0 Å². The Morgan fingerprint density at radius 3 is 2.46 bits per heavy atom. The Hall–Kier alpha value is -3.65. The molecular formula is C27H28N2O5S. The number of benzene rings is 2. The van der Waals surface area contributed by atoms with Gasteiger partial charge in [-0.1, -0.05) is 35.9 Å². The summed E-state index contributed by atoms with van der Waals surface area (Å²) >= 11 is 1.27. The fourth-order valence-corrected chi connectivity index (χ4v) is 5.33. The first kappa shape index (κ1) is 24.5. The van der Waals surface area contributed by atoms with Gasteiger partial charge in [0.15, 0.2) is 17.3 Å². The summed E-state index contributed by atoms with van der Waals surface area (Å²) in [6.07, 6.45) is 0.502. The molecule has 0 spiro atoms. The van der Waals surface area contributed by atoms with E-state index in [2.05, 4.69) is 4.98 Å². The lowest BCUT2D eigenvalue weighted by atomic mass is 9.94. The number of amides is 1. The molecule has 8 heteroatoms. The minimum absolute atomic E-state index is 0.0969. The summed E-state index contributed by atoms with van der Waals surface area (Å²) < 4.78 is 10.7. The number of methoxy groups -OCH3 is 2. The smallest absolute Gasteiger partial charge is 0.290 e. The summed E-state index contributed by atoms with van der Waals surface area (Å²) in [5, 5.41) is 11.7. The van der Waals surface area contributed by atoms with Crippen molar-refractivity contribution < 1.29 is 24.2 Å². The van der Waals surface area contributed by atoms with Crippen LogP contribution in [-0.2, 0) is 11.2 Å². The summed E-state index contributed by atoms with van der Waals surface area (Å²) in [4.78, 5) is 33.3. The van der Waals surface area contributed by atoms with Gasteiger partial charge in [-0.15, -0.1) is 11.3 Å². The van der Waals surface area contributed by atoms with Crippen molar-refractivity contribution in [3.8, 4) is 11.5 Å². The van der Waals surface area contributed by atoms with E-state index in [1.54, 1.807) is 26.0 Å². The molecule has 0 saturated carbocycles. The van der Waals surface area contributed by atoms with Crippen molar-refractivity contribution in [2.24, 2.45) is 0 Å². The maximum Gasteiger partial charge on any atom is 0.290 e. The molecule has 182 valence electrons. The zero-order chi connectivity index (χ0) is 25.3. The number of ketones is 1. The number of carbonyl (C=O) groups is 2. The van der Waals surface area contributed by atoms with Crippen LogP contribution in [0.2, 0.25) is 0 Å². The highest BCUT2D eigenvalue weighted by Gasteiger charge is 2.44. The van der Waals surface area contributed by atoms with Gasteiger partial charge in [0.05, 0.1) is 41.4 Å². The third-order valence-electron chi connectivity index (χ3n) is 6.11. The summed E-state index contributed by atoms with van der Waals surface area (Å²) in [7, 11) is 3.15. The number of aromatic nitrogens is 1. The van der Waals surface area contributed by atoms with Crippen LogP contribution in [0.25, 0.3) is 0 Å². The highest BCUT2D eigenvalue weighted by Crippen LogP contribution is 2.40. The summed E-state index contributed by atoms with van der Waals surface area (Å²) in [6.45, 7) is 5.85. The zero-order valence-corrected chi connectivity index (χ0v) is 21.2. The second-order valence-corrected chi connectivity index (χ2v) is 9.70. The molecule has 0 bridgehead atoms. The van der Waals surface area contributed by atoms with Crippen LogP contribution in [0.15, 0.2) is 53.8 Å². The van der Waals surface area contributed by atoms with Gasteiger partial charge in [-0.05, 0) is 50.5 Å². The number of aliphatic hydroxyl groups excluding tert-OH is 1. The molecule has 1 unspecified atom stereocenters. The van der Waals surface area contributed by atoms with E-state index in [-0.39, 0.29) is 11.4 Å². The van der Waals surface area contributed by atoms with E-state index < -0.39 is 17.7 Å². The molecule has 1 aromatic heterocycles. The van der Waals surface area contributed by atoms with Crippen molar-refractivity contribution in [1.29, 1.82) is 0 Å². The van der Waals surface area contributed by atoms with E-state index in [9.17, 15) is 14.7 Å². The molecular weight excluding hydrogens is 464 g/mol. The zero-order valence-electron chi connectivity index (χ0n) is 20.4. The lowest BCUT2D eigenvalue weighted by Gasteiger charge is -2.27. The molecule has 0 saturated heterocycles. The van der Waals surface area contributed by atoms with E-state index in [0.29, 0.717) is 35.0 Å². The molecule has 3 aromatic rings. The predicted octanol–water partition coefficient (Wildman–Crippen LogP) is 4.91. The third-order valence-corrected chi connectivity index (χ3v) is 7.18. The van der Waals surface area contributed by atoms with Gasteiger partial charge in [-0.25, -0.2) is 4.98 Å². The van der Waals surface area contributed by atoms with Crippen LogP contribution in [0, 0.1) is 20.8 Å². The number of hydrogen-bond acceptors (Lipinski definition) is 7. The Bertz CT molecular complexity index is 1330. The Kier molecular flexibility index (Phi) is 6.93. The summed E-state index contributed by atoms with van der Waals surface area (Å²) in [5.74, 6) is -0.202. The largest absolute Gasteiger partial charge is 0.503 e. The quantitative estimate of drug-likeness (QED) is 0.450. The number of aliphatic hydroxyl groups is 1. The van der Waals surface area contributed by atoms with E-state index in [4.69, 9.17) is 9.47 Å². The van der Waals surface area contributed by atoms with E-state index >= 15 is 0 Å². The summed E-state index contributed by atoms with van der Waals surface area (Å²) in [5.41, 5.74) is 3.40. The SMILES string of the molecule is COc1ccc(CCN2C(=O)C(O)=C(C(=O)c3sc(C)nc3C)C2c2cccc(C)c2)cc1OC. The number of Topliss-reactive ketones (excluding diaryl/α,β-unsaturated/α-hetero) is 1. The first-order valence-electron chi connectivity index (χ1n) is 11.3. The molecule has 1 aliphatic heterocycles. The molecule has 1 amide bonds. The average molecular weight is 493 g/mol. The number of nitrogens with zero attached hydrogens (tertiary/aromatic N) is 2. The number of ether oxygens (including phenoxy) is 2. The van der Waals surface area contributed by atoms with E-state index in [1.165, 1.54) is 11.3 Å². The Morgan fingerprint density at radius 1 is 1.09 bits per heavy atom. The van der Waals surface area contributed by atoms with Crippen LogP contribution < -0.4 is 9.47 Å². The molecule has 35 heavy (non-hydrogen) atoms. The lowest BCUT2D eigenvalue weighted by molar-refractivity contribution is -0.129. The maximum absolute atomic E-state index is 13.6. The Morgan fingerprint density at radius 2 is 1.83 bits per heavy atom. The molecule has 0 radical (unpaired) electrons. The van der Waals surface area contributed by atoms with Crippen molar-refractivity contribution in [3.05, 3.63) is 86.1 Å². The molecule has 2 heterocycles. The molecule has 2 aromatic carbocycles. The first-order valence-corrected chi connectivity index (χ1v) is 12.1. The van der Waals surface area contributed by atoms with Crippen LogP contribution in [0.5, 0.6) is 11.5 Å². The molecule has 1 aliphatic rings. The fraction of sp³-hybridized carbons (Fsp3) is 0.296. The maximum atomic E-state index is 13.6. The predicted molar refractivity (Wildman–Crippen MR) is 134 cm³/mol. The van der Waals surface area contributed by atoms with Gasteiger partial charge in [0.2, 0.25) is 5.78 Å². The minimum Gasteiger partial charge on any atom is -0.503 e. The van der Waals surface area contributed by atoms with Gasteiger partial charge in [0, 0.05) is 6.54 Å². The number of aryl methyl sites for hydroxylation is 3. The van der Waals surface area contributed by atoms with E-state index in [1.807, 2.05) is 56.3 Å². The van der Waals surface area contributed by atoms with Crippen molar-refractivity contribution in [2.75, 3.05) is 20.8 Å². The number of rotatable bonds is 8. The highest BCUT2D eigenvalue weighted by molar-refractivity contribution is 7.14. The number of carbonyl (C=O) groups excluding carboxylic acids is 2. The van der Waals surface area contributed by atoms with Gasteiger partial charge < -0.3 is 19.5 Å². The second kappa shape index (κ2) is 9.92. The second-order valence-electron chi connectivity index (χ2n) is 8.49. The van der Waals surface area contributed by atoms with Gasteiger partial charge >= 0.3 is 0 Å². The molecule has 1 N–H and O–H groups in total. The normalized spacial score (nSPS) is 15.6. The fourth-order valence-electron chi connectivity index (χ4n) is 4.45. The topological polar surface area (TPSA) is 89.0 Å². The Balaban J connectivity index is 1.71. The van der Waals surface area contributed by atoms with Gasteiger partial charge in [-0.3, -0.25) is 9.59 Å². The molecule has 0 aliphatic carbocycles. The monoisotopic (exact) mass is 492 g/mol. The molecule has 0 fully saturated rings. The minimum atomic E-state index is -0.697. The number of thiazole rings is 1. The van der Waals surface area contributed by atoms with Crippen molar-refractivity contribution in [1.82, 2.24) is 9.88 Å². The molecule has 4 rings (SSSR count). The summed E-state index contributed by atoms with van der Waals surface area (Å²) in [6, 6.07) is 12.6. The third kappa shape index (κ3) is 4.66. The van der Waals surface area contributed by atoms with Crippen molar-refractivity contribution in [2.45, 2.75) is 33.2 Å². The molecule has 7 nitrogen and oxygen atoms in total. The first-order chi connectivity index (χ1) is 16.7. The Labute approximate surface area is 208 Å². The van der Waals surface area contributed by atoms with Crippen LogP contribution in [0.1, 0.15) is 43.1 Å². The van der Waals surface area contributed by atoms with Crippen molar-refractivity contribution >= 4 is 23.0 Å². The highest BCUT2D eigenvalue weighted by atomic mass is 32.1. The van der Waals surface area contributed by atoms with Crippen LogP contribution >= 0.6 is 11.3 Å². The van der Waals surface area contributed by atoms with Crippen molar-refractivity contribution in [3.63, 3.8) is 0 Å². The van der Waals surface area contributed by atoms with Crippen LogP contribution in [0.4, 0.5) is 0 Å². The van der Waals surface area contributed by atoms with Crippen LogP contribution in [-0.4, -0.2) is 47.4 Å². The average Bonchev–Trinajstić information content (AvgIpc) is 3.31. The standard InChI is InChI=1S/C27H28N2O5S/c1-15-7-6-8-19(13-15)23-22(24(30)26-16(2)28-17(3)35-26)25(31)27(32)29(23)12-11-18-9-10-20(33-4)21(14-18)34-5/h6-10,13-14,23,31H,11-12H2,1-5H3. The number of hydrogen-bond donors (Lipinski definition) is 1. The van der Waals surface area contributed by atoms with Gasteiger partial charge in [-0.2, -0.15) is 0 Å². The van der Waals surface area contributed by atoms with E-state index in [0.717, 1.165) is 21.7 Å². The molecule has 1 atom stereocenters. The van der Waals surface area contributed by atoms with Crippen LogP contribution in [0.3, 0.4) is 0 Å².